The van der Waals surface area contributed by atoms with E-state index in [9.17, 15) is 0 Å². The molecule has 0 bridgehead atoms. The van der Waals surface area contributed by atoms with Crippen LogP contribution in [0.4, 0.5) is 0 Å². The number of ether oxygens (including phenoxy) is 1. The summed E-state index contributed by atoms with van der Waals surface area (Å²) < 4.78 is 6.05. The summed E-state index contributed by atoms with van der Waals surface area (Å²) in [5, 5.41) is 0. The molecular weight excluding hydrogens is 340 g/mol. The Morgan fingerprint density at radius 2 is 1.82 bits per heavy atom. The molecular formula is C27H30O. The van der Waals surface area contributed by atoms with Crippen LogP contribution in [0.2, 0.25) is 0 Å². The van der Waals surface area contributed by atoms with Gasteiger partial charge in [0.25, 0.3) is 0 Å². The minimum Gasteiger partial charge on any atom is -0.464 e. The summed E-state index contributed by atoms with van der Waals surface area (Å²) in [4.78, 5) is 0. The van der Waals surface area contributed by atoms with Crippen LogP contribution in [-0.2, 0) is 0 Å². The van der Waals surface area contributed by atoms with E-state index in [0.29, 0.717) is 5.92 Å². The van der Waals surface area contributed by atoms with Gasteiger partial charge in [-0.2, -0.15) is 0 Å². The Bertz CT molecular complexity index is 972. The maximum absolute atomic E-state index is 6.05. The minimum absolute atomic E-state index is 0.442. The zero-order valence-electron chi connectivity index (χ0n) is 17.3. The summed E-state index contributed by atoms with van der Waals surface area (Å²) in [7, 11) is 0. The molecule has 0 spiro atoms. The molecule has 2 aliphatic rings. The lowest BCUT2D eigenvalue weighted by molar-refractivity contribution is 0.430. The number of fused-ring (bicyclic) bond motifs is 5. The molecule has 0 fully saturated rings. The second-order valence-electron chi connectivity index (χ2n) is 8.25. The Balaban J connectivity index is 1.85. The van der Waals surface area contributed by atoms with Crippen LogP contribution in [-0.4, -0.2) is 0 Å². The largest absolute Gasteiger partial charge is 0.464 e. The lowest BCUT2D eigenvalue weighted by Crippen LogP contribution is -2.04. The van der Waals surface area contributed by atoms with E-state index in [1.165, 1.54) is 53.5 Å². The maximum atomic E-state index is 6.05. The predicted octanol–water partition coefficient (Wildman–Crippen LogP) is 7.97. The van der Waals surface area contributed by atoms with Crippen LogP contribution >= 0.6 is 0 Å². The van der Waals surface area contributed by atoms with Gasteiger partial charge >= 0.3 is 0 Å². The summed E-state index contributed by atoms with van der Waals surface area (Å²) in [6, 6.07) is 11.3. The van der Waals surface area contributed by atoms with Crippen LogP contribution in [0.25, 0.3) is 22.3 Å². The highest BCUT2D eigenvalue weighted by atomic mass is 16.5. The molecule has 2 aromatic carbocycles. The van der Waals surface area contributed by atoms with Crippen molar-refractivity contribution in [3.8, 4) is 16.9 Å². The molecule has 0 radical (unpaired) electrons. The second-order valence-corrected chi connectivity index (χ2v) is 8.25. The highest BCUT2D eigenvalue weighted by Gasteiger charge is 2.33. The molecule has 0 amide bonds. The smallest absolute Gasteiger partial charge is 0.142 e. The van der Waals surface area contributed by atoms with E-state index in [1.807, 2.05) is 6.08 Å². The van der Waals surface area contributed by atoms with Crippen molar-refractivity contribution in [2.45, 2.75) is 52.4 Å². The highest BCUT2D eigenvalue weighted by molar-refractivity contribution is 5.91. The van der Waals surface area contributed by atoms with Crippen molar-refractivity contribution in [1.29, 1.82) is 0 Å². The first kappa shape index (κ1) is 18.8. The van der Waals surface area contributed by atoms with Gasteiger partial charge in [0.15, 0.2) is 0 Å². The van der Waals surface area contributed by atoms with E-state index in [0.717, 1.165) is 28.4 Å². The van der Waals surface area contributed by atoms with Crippen LogP contribution in [0.15, 0.2) is 55.8 Å². The summed E-state index contributed by atoms with van der Waals surface area (Å²) in [5.41, 5.74) is 9.83. The summed E-state index contributed by atoms with van der Waals surface area (Å²) in [6.07, 6.45) is 8.69. The summed E-state index contributed by atoms with van der Waals surface area (Å²) in [6.45, 7) is 15.0. The Hall–Kier alpha value is -2.54. The van der Waals surface area contributed by atoms with Gasteiger partial charge in [-0.15, -0.1) is 0 Å². The Kier molecular flexibility index (Phi) is 5.02. The molecule has 1 aliphatic heterocycles. The van der Waals surface area contributed by atoms with Crippen LogP contribution in [0.3, 0.4) is 0 Å². The number of benzene rings is 2. The van der Waals surface area contributed by atoms with E-state index in [1.54, 1.807) is 6.26 Å². The lowest BCUT2D eigenvalue weighted by Gasteiger charge is -2.20. The van der Waals surface area contributed by atoms with E-state index in [2.05, 4.69) is 64.3 Å². The van der Waals surface area contributed by atoms with Crippen molar-refractivity contribution in [3.63, 3.8) is 0 Å². The molecule has 2 aromatic rings. The van der Waals surface area contributed by atoms with Gasteiger partial charge in [0.2, 0.25) is 0 Å². The van der Waals surface area contributed by atoms with Gasteiger partial charge in [-0.05, 0) is 65.7 Å². The van der Waals surface area contributed by atoms with E-state index >= 15 is 0 Å². The lowest BCUT2D eigenvalue weighted by atomic mass is 9.86. The maximum Gasteiger partial charge on any atom is 0.142 e. The van der Waals surface area contributed by atoms with Crippen LogP contribution < -0.4 is 4.74 Å². The molecule has 1 atom stereocenters. The van der Waals surface area contributed by atoms with E-state index in [4.69, 9.17) is 4.74 Å². The Labute approximate surface area is 169 Å². The van der Waals surface area contributed by atoms with Crippen molar-refractivity contribution in [2.75, 3.05) is 0 Å². The second kappa shape index (κ2) is 7.47. The molecule has 144 valence electrons. The number of rotatable bonds is 6. The molecule has 0 N–H and O–H groups in total. The Morgan fingerprint density at radius 3 is 2.54 bits per heavy atom. The molecule has 1 unspecified atom stereocenters. The van der Waals surface area contributed by atoms with E-state index < -0.39 is 0 Å². The predicted molar refractivity (Wildman–Crippen MR) is 121 cm³/mol. The first-order chi connectivity index (χ1) is 13.5. The zero-order chi connectivity index (χ0) is 19.8. The summed E-state index contributed by atoms with van der Waals surface area (Å²) >= 11 is 0. The third-order valence-corrected chi connectivity index (χ3v) is 6.58. The van der Waals surface area contributed by atoms with Crippen molar-refractivity contribution in [2.24, 2.45) is 5.92 Å². The van der Waals surface area contributed by atoms with Gasteiger partial charge < -0.3 is 4.74 Å². The van der Waals surface area contributed by atoms with E-state index in [-0.39, 0.29) is 0 Å². The SMILES string of the molecule is C=C(C)c1ccc2c(c1)-c1c(ccc3c1OC=CC3=C)C2CCC(CC)CC. The van der Waals surface area contributed by atoms with Crippen LogP contribution in [0.5, 0.6) is 5.75 Å². The monoisotopic (exact) mass is 370 g/mol. The van der Waals surface area contributed by atoms with Crippen molar-refractivity contribution in [3.05, 3.63) is 78.1 Å². The molecule has 1 heterocycles. The standard InChI is InChI=1S/C27H30O/c1-6-19(7-2)8-10-22-23-11-9-20(17(3)4)16-25(23)26-24(22)13-12-21-18(5)14-15-28-27(21)26/h9,11-16,19,22H,3,5-8,10H2,1-2,4H3. The third-order valence-electron chi connectivity index (χ3n) is 6.58. The topological polar surface area (TPSA) is 9.23 Å². The number of hydrogen-bond acceptors (Lipinski definition) is 1. The van der Waals surface area contributed by atoms with Crippen molar-refractivity contribution < 1.29 is 4.74 Å². The highest BCUT2D eigenvalue weighted by Crippen LogP contribution is 2.54. The third kappa shape index (κ3) is 3.03. The Morgan fingerprint density at radius 1 is 1.07 bits per heavy atom. The molecule has 0 saturated heterocycles. The molecule has 28 heavy (non-hydrogen) atoms. The molecule has 0 saturated carbocycles. The first-order valence-corrected chi connectivity index (χ1v) is 10.5. The van der Waals surface area contributed by atoms with Crippen molar-refractivity contribution in [1.82, 2.24) is 0 Å². The number of hydrogen-bond donors (Lipinski definition) is 0. The van der Waals surface area contributed by atoms with Gasteiger partial charge in [0.1, 0.15) is 5.75 Å². The zero-order valence-corrected chi connectivity index (χ0v) is 17.3. The van der Waals surface area contributed by atoms with Crippen LogP contribution in [0.1, 0.15) is 74.6 Å². The molecule has 4 rings (SSSR count). The van der Waals surface area contributed by atoms with Gasteiger partial charge in [-0.3, -0.25) is 0 Å². The van der Waals surface area contributed by atoms with Gasteiger partial charge in [0, 0.05) is 17.0 Å². The fraction of sp³-hybridized carbons (Fsp3) is 0.333. The molecule has 0 aromatic heterocycles. The average molecular weight is 371 g/mol. The van der Waals surface area contributed by atoms with Gasteiger partial charge in [-0.1, -0.05) is 69.7 Å². The fourth-order valence-electron chi connectivity index (χ4n) is 4.74. The molecule has 1 aliphatic carbocycles. The normalized spacial score (nSPS) is 16.6. The average Bonchev–Trinajstić information content (AvgIpc) is 3.02. The van der Waals surface area contributed by atoms with Crippen molar-refractivity contribution >= 4 is 11.1 Å². The van der Waals surface area contributed by atoms with Crippen LogP contribution in [0, 0.1) is 5.92 Å². The molecule has 1 nitrogen and oxygen atoms in total. The minimum atomic E-state index is 0.442. The fourth-order valence-corrected chi connectivity index (χ4v) is 4.74. The first-order valence-electron chi connectivity index (χ1n) is 10.5. The number of allylic oxidation sites excluding steroid dienone is 3. The van der Waals surface area contributed by atoms with Gasteiger partial charge in [-0.25, -0.2) is 0 Å². The van der Waals surface area contributed by atoms with Gasteiger partial charge in [0.05, 0.1) is 6.26 Å². The molecule has 1 heteroatoms. The summed E-state index contributed by atoms with van der Waals surface area (Å²) in [5.74, 6) is 2.21. The quantitative estimate of drug-likeness (QED) is 0.501.